The van der Waals surface area contributed by atoms with Crippen LogP contribution in [-0.2, 0) is 29.6 Å². The van der Waals surface area contributed by atoms with Crippen molar-refractivity contribution in [2.24, 2.45) is 0 Å². The summed E-state index contributed by atoms with van der Waals surface area (Å²) in [5.74, 6) is 8.56. The first-order chi connectivity index (χ1) is 33.7. The van der Waals surface area contributed by atoms with Crippen LogP contribution in [0.5, 0.6) is 0 Å². The van der Waals surface area contributed by atoms with E-state index in [9.17, 15) is 31.2 Å². The molecule has 2 aliphatic rings. The lowest BCUT2D eigenvalue weighted by Crippen LogP contribution is -2.33. The molecule has 21 nitrogen and oxygen atoms in total. The highest BCUT2D eigenvalue weighted by molar-refractivity contribution is 7.92. The first-order valence-corrected chi connectivity index (χ1v) is 30.4. The zero-order valence-electron chi connectivity index (χ0n) is 39.6. The average molecular weight is 1060 g/mol. The minimum Gasteiger partial charge on any atom is -0.355 e. The Morgan fingerprint density at radius 1 is 0.746 bits per heavy atom. The van der Waals surface area contributed by atoms with Gasteiger partial charge in [0.15, 0.2) is 34.9 Å². The standard InChI is InChI=1S/C25H31N7O4S2Si.C20H21N7O3S2/c1-16(33)26-11-12-28-38(35,36)23-9-8-21(37-23)25-27-15-19(10-13-39(3,4)5)24(30-25)29-22-14-20(18-6-7-18)32(31-22)17(2)34;1-3-13-11-22-20(25-19(13)24-17-10-15(26-27-17)14-4-5-14)16-6-7-18(31-16)32(29,30)23-9-8-21-12(2)28/h8-9,14-15,18,28H,6-7,11-12H2,1-5H3,(H,26,33)(H,27,29,30,31);1,6-7,10-11,14,23H,4-5,8-9H2,2H3,(H,21,28)(H2,22,24,25,26,27). The monoisotopic (exact) mass is 1060 g/mol. The molecule has 0 aromatic carbocycles. The molecule has 0 atom stereocenters. The fourth-order valence-corrected chi connectivity index (χ4v) is 11.6. The Hall–Kier alpha value is -6.65. The molecule has 2 amide bonds. The molecule has 0 saturated heterocycles. The van der Waals surface area contributed by atoms with Gasteiger partial charge in [0.2, 0.25) is 37.8 Å². The number of hydrogen-bond acceptors (Lipinski definition) is 17. The summed E-state index contributed by atoms with van der Waals surface area (Å²) in [6, 6.07) is 10.1. The van der Waals surface area contributed by atoms with E-state index in [-0.39, 0.29) is 52.3 Å². The van der Waals surface area contributed by atoms with Crippen LogP contribution < -0.4 is 30.7 Å². The van der Waals surface area contributed by atoms with Gasteiger partial charge >= 0.3 is 0 Å². The van der Waals surface area contributed by atoms with E-state index < -0.39 is 28.1 Å². The summed E-state index contributed by atoms with van der Waals surface area (Å²) in [5.41, 5.74) is 6.31. The number of nitrogens with one attached hydrogen (secondary N) is 7. The van der Waals surface area contributed by atoms with Crippen molar-refractivity contribution in [3.8, 4) is 45.2 Å². The van der Waals surface area contributed by atoms with Crippen LogP contribution in [-0.4, -0.2) is 109 Å². The highest BCUT2D eigenvalue weighted by atomic mass is 32.3. The van der Waals surface area contributed by atoms with Gasteiger partial charge in [-0.05, 0) is 49.9 Å². The van der Waals surface area contributed by atoms with Crippen molar-refractivity contribution in [1.29, 1.82) is 0 Å². The van der Waals surface area contributed by atoms with Crippen LogP contribution in [0.1, 0.15) is 85.6 Å². The Kier molecular flexibility index (Phi) is 16.3. The molecule has 0 bridgehead atoms. The number of carbonyl (C=O) groups is 3. The van der Waals surface area contributed by atoms with Gasteiger partial charge < -0.3 is 21.3 Å². The van der Waals surface area contributed by atoms with E-state index in [2.05, 4.69) is 103 Å². The van der Waals surface area contributed by atoms with E-state index in [0.29, 0.717) is 67.6 Å². The molecule has 0 aliphatic heterocycles. The molecule has 26 heteroatoms. The summed E-state index contributed by atoms with van der Waals surface area (Å²) in [7, 11) is -9.18. The molecule has 2 saturated carbocycles. The van der Waals surface area contributed by atoms with Gasteiger partial charge in [-0.1, -0.05) is 31.5 Å². The first-order valence-electron chi connectivity index (χ1n) is 22.3. The Morgan fingerprint density at radius 3 is 1.76 bits per heavy atom. The Labute approximate surface area is 420 Å². The fourth-order valence-electron chi connectivity index (χ4n) is 6.43. The molecule has 6 aromatic rings. The molecular formula is C45H52N14O7S4Si. The molecule has 0 unspecified atom stereocenters. The molecule has 71 heavy (non-hydrogen) atoms. The normalized spacial score (nSPS) is 13.5. The summed E-state index contributed by atoms with van der Waals surface area (Å²) in [6.07, 6.45) is 13.1. The van der Waals surface area contributed by atoms with Crippen LogP contribution in [0.2, 0.25) is 19.6 Å². The van der Waals surface area contributed by atoms with Gasteiger partial charge in [-0.2, -0.15) is 5.10 Å². The maximum absolute atomic E-state index is 12.7. The molecule has 0 radical (unpaired) electrons. The Morgan fingerprint density at radius 2 is 1.27 bits per heavy atom. The lowest BCUT2D eigenvalue weighted by molar-refractivity contribution is -0.119. The average Bonchev–Trinajstić information content (AvgIpc) is 4.07. The second kappa shape index (κ2) is 22.2. The predicted molar refractivity (Wildman–Crippen MR) is 274 cm³/mol. The first kappa shape index (κ1) is 52.2. The smallest absolute Gasteiger partial charge is 0.250 e. The van der Waals surface area contributed by atoms with E-state index in [0.717, 1.165) is 59.7 Å². The number of nitrogens with zero attached hydrogens (tertiary/aromatic N) is 7. The third-order valence-electron chi connectivity index (χ3n) is 10.2. The molecule has 2 aliphatic carbocycles. The quantitative estimate of drug-likeness (QED) is 0.0328. The number of rotatable bonds is 18. The molecule has 372 valence electrons. The number of amides is 2. The molecule has 2 fully saturated rings. The van der Waals surface area contributed by atoms with Crippen LogP contribution in [0.3, 0.4) is 0 Å². The van der Waals surface area contributed by atoms with Gasteiger partial charge in [0.1, 0.15) is 16.5 Å². The Bertz CT molecular complexity index is 3300. The van der Waals surface area contributed by atoms with Crippen molar-refractivity contribution in [2.45, 2.75) is 86.3 Å². The van der Waals surface area contributed by atoms with E-state index in [4.69, 9.17) is 6.42 Å². The fraction of sp³-hybridized carbons (Fsp3) is 0.356. The highest BCUT2D eigenvalue weighted by Crippen LogP contribution is 2.42. The molecular weight excluding hydrogens is 1000 g/mol. The maximum atomic E-state index is 12.7. The minimum atomic E-state index is -3.77. The highest BCUT2D eigenvalue weighted by Gasteiger charge is 2.30. The van der Waals surface area contributed by atoms with E-state index in [1.165, 1.54) is 43.8 Å². The van der Waals surface area contributed by atoms with Gasteiger partial charge in [0.25, 0.3) is 0 Å². The van der Waals surface area contributed by atoms with Gasteiger partial charge in [-0.25, -0.2) is 50.9 Å². The van der Waals surface area contributed by atoms with Gasteiger partial charge in [0, 0.05) is 89.0 Å². The van der Waals surface area contributed by atoms with Gasteiger partial charge in [-0.15, -0.1) is 39.7 Å². The molecule has 6 aromatic heterocycles. The lowest BCUT2D eigenvalue weighted by atomic mass is 10.3. The van der Waals surface area contributed by atoms with Crippen molar-refractivity contribution >= 4 is 91.8 Å². The third kappa shape index (κ3) is 14.5. The number of thiophene rings is 2. The van der Waals surface area contributed by atoms with Gasteiger partial charge in [-0.3, -0.25) is 19.5 Å². The van der Waals surface area contributed by atoms with Crippen molar-refractivity contribution in [3.05, 3.63) is 71.3 Å². The van der Waals surface area contributed by atoms with Crippen LogP contribution in [0.25, 0.3) is 21.4 Å². The summed E-state index contributed by atoms with van der Waals surface area (Å²) < 4.78 is 56.9. The van der Waals surface area contributed by atoms with Crippen LogP contribution >= 0.6 is 22.7 Å². The van der Waals surface area contributed by atoms with Crippen LogP contribution in [0, 0.1) is 23.8 Å². The van der Waals surface area contributed by atoms with E-state index in [1.807, 2.05) is 12.1 Å². The number of terminal acetylenes is 1. The summed E-state index contributed by atoms with van der Waals surface area (Å²) in [6.45, 7) is 11.2. The largest absolute Gasteiger partial charge is 0.355 e. The van der Waals surface area contributed by atoms with Crippen LogP contribution in [0.15, 0.2) is 57.2 Å². The third-order valence-corrected chi connectivity index (χ3v) is 17.1. The van der Waals surface area contributed by atoms with E-state index >= 15 is 0 Å². The van der Waals surface area contributed by atoms with Crippen molar-refractivity contribution in [2.75, 3.05) is 36.8 Å². The van der Waals surface area contributed by atoms with Crippen LogP contribution in [0.4, 0.5) is 23.3 Å². The number of H-pyrrole nitrogens is 1. The SMILES string of the molecule is C#Cc1cnc(-c2ccc(S(=O)(=O)NCCNC(C)=O)s2)nc1Nc1cc(C2CC2)[nH]n1.CC(=O)NCCNS(=O)(=O)c1ccc(-c2ncc(C#C[Si](C)(C)C)c(Nc3cc(C4CC4)n(C(C)=O)n3)n2)s1. The maximum Gasteiger partial charge on any atom is 0.250 e. The van der Waals surface area contributed by atoms with Crippen molar-refractivity contribution in [1.82, 2.24) is 60.0 Å². The predicted octanol–water partition coefficient (Wildman–Crippen LogP) is 5.27. The Balaban J connectivity index is 0.000000213. The summed E-state index contributed by atoms with van der Waals surface area (Å²) in [4.78, 5) is 53.1. The number of aromatic nitrogens is 8. The topological polar surface area (TPSA) is 290 Å². The second-order valence-corrected chi connectivity index (χ2v) is 28.4. The lowest BCUT2D eigenvalue weighted by Gasteiger charge is -2.08. The molecule has 8 rings (SSSR count). The zero-order chi connectivity index (χ0) is 51.1. The van der Waals surface area contributed by atoms with E-state index in [1.54, 1.807) is 18.3 Å². The molecule has 7 N–H and O–H groups in total. The zero-order valence-corrected chi connectivity index (χ0v) is 43.9. The molecule has 6 heterocycles. The second-order valence-electron chi connectivity index (χ2n) is 17.4. The van der Waals surface area contributed by atoms with Crippen molar-refractivity contribution in [3.63, 3.8) is 0 Å². The minimum absolute atomic E-state index is 0.0694. The number of carbonyl (C=O) groups excluding carboxylic acids is 3. The van der Waals surface area contributed by atoms with Gasteiger partial charge in [0.05, 0.1) is 26.6 Å². The summed E-state index contributed by atoms with van der Waals surface area (Å²) in [5, 5.41) is 23.1. The number of hydrogen-bond donors (Lipinski definition) is 7. The number of anilines is 4. The molecule has 0 spiro atoms. The van der Waals surface area contributed by atoms with Crippen molar-refractivity contribution < 1.29 is 31.2 Å². The number of sulfonamides is 2. The summed E-state index contributed by atoms with van der Waals surface area (Å²) >= 11 is 2.07. The number of aromatic amines is 1.